The van der Waals surface area contributed by atoms with Gasteiger partial charge in [0.15, 0.2) is 17.5 Å². The molecule has 232 valence electrons. The first-order chi connectivity index (χ1) is 23.3. The van der Waals surface area contributed by atoms with Crippen molar-refractivity contribution in [1.29, 1.82) is 0 Å². The summed E-state index contributed by atoms with van der Waals surface area (Å²) in [4.78, 5) is 15.2. The highest BCUT2D eigenvalue weighted by atomic mass is 15.0. The summed E-state index contributed by atoms with van der Waals surface area (Å²) in [7, 11) is 0. The minimum atomic E-state index is -0.126. The van der Waals surface area contributed by atoms with E-state index in [9.17, 15) is 0 Å². The number of aromatic nitrogens is 3. The Kier molecular flexibility index (Phi) is 7.14. The van der Waals surface area contributed by atoms with Gasteiger partial charge < -0.3 is 0 Å². The smallest absolute Gasteiger partial charge is 0.164 e. The molecule has 3 nitrogen and oxygen atoms in total. The van der Waals surface area contributed by atoms with Crippen LogP contribution in [-0.4, -0.2) is 15.0 Å². The quantitative estimate of drug-likeness (QED) is 0.192. The molecule has 1 aliphatic rings. The lowest BCUT2D eigenvalue weighted by Gasteiger charge is -2.49. The summed E-state index contributed by atoms with van der Waals surface area (Å²) in [5.41, 5.74) is 12.7. The second kappa shape index (κ2) is 11.5. The fourth-order valence-electron chi connectivity index (χ4n) is 7.20. The van der Waals surface area contributed by atoms with Gasteiger partial charge in [0, 0.05) is 22.1 Å². The second-order valence-corrected chi connectivity index (χ2v) is 13.7. The van der Waals surface area contributed by atoms with Gasteiger partial charge in [0.25, 0.3) is 0 Å². The number of fused-ring (bicyclic) bond motifs is 3. The fourth-order valence-corrected chi connectivity index (χ4v) is 7.20. The van der Waals surface area contributed by atoms with E-state index in [0.717, 1.165) is 22.3 Å². The summed E-state index contributed by atoms with van der Waals surface area (Å²) < 4.78 is 0. The molecule has 0 saturated heterocycles. The van der Waals surface area contributed by atoms with Crippen molar-refractivity contribution in [3.05, 3.63) is 163 Å². The zero-order chi connectivity index (χ0) is 32.9. The molecule has 1 aromatic heterocycles. The van der Waals surface area contributed by atoms with Crippen LogP contribution >= 0.6 is 0 Å². The molecule has 0 radical (unpaired) electrons. The Balaban J connectivity index is 1.30. The molecule has 0 saturated carbocycles. The largest absolute Gasteiger partial charge is 0.208 e. The van der Waals surface area contributed by atoms with E-state index in [0.29, 0.717) is 17.5 Å². The minimum Gasteiger partial charge on any atom is -0.208 e. The van der Waals surface area contributed by atoms with E-state index in [1.807, 2.05) is 24.3 Å². The Morgan fingerprint density at radius 2 is 0.771 bits per heavy atom. The van der Waals surface area contributed by atoms with Crippen LogP contribution < -0.4 is 0 Å². The Morgan fingerprint density at radius 3 is 1.38 bits per heavy atom. The maximum atomic E-state index is 5.11. The van der Waals surface area contributed by atoms with Gasteiger partial charge in [-0.2, -0.15) is 0 Å². The van der Waals surface area contributed by atoms with Crippen LogP contribution in [0.1, 0.15) is 38.8 Å². The molecule has 0 fully saturated rings. The summed E-state index contributed by atoms with van der Waals surface area (Å²) in [5, 5.41) is 0. The highest BCUT2D eigenvalue weighted by Crippen LogP contribution is 2.56. The monoisotopic (exact) mass is 619 g/mol. The minimum absolute atomic E-state index is 0.115. The standard InChI is InChI=1S/C45H37N3/c1-44(2)39-28-27-35(29-38(39)37-22-14-21-36(40(37)45(44,3)4)32-17-10-6-11-18-32)43-47-41(33-19-12-7-13-20-33)46-42(48-43)34-25-23-31(24-26-34)30-15-8-5-9-16-30/h5-29H,1-4H3. The first-order valence-corrected chi connectivity index (χ1v) is 16.6. The van der Waals surface area contributed by atoms with Crippen LogP contribution in [-0.2, 0) is 10.8 Å². The van der Waals surface area contributed by atoms with Crippen molar-refractivity contribution in [3.8, 4) is 67.5 Å². The Labute approximate surface area is 283 Å². The van der Waals surface area contributed by atoms with Crippen molar-refractivity contribution in [3.63, 3.8) is 0 Å². The maximum absolute atomic E-state index is 5.11. The third-order valence-corrected chi connectivity index (χ3v) is 10.5. The van der Waals surface area contributed by atoms with Crippen LogP contribution in [0.2, 0.25) is 0 Å². The summed E-state index contributed by atoms with van der Waals surface area (Å²) in [6, 6.07) is 53.4. The molecule has 7 aromatic rings. The lowest BCUT2D eigenvalue weighted by Crippen LogP contribution is -2.44. The number of rotatable bonds is 5. The van der Waals surface area contributed by atoms with E-state index in [4.69, 9.17) is 15.0 Å². The summed E-state index contributed by atoms with van der Waals surface area (Å²) in [6.45, 7) is 9.54. The van der Waals surface area contributed by atoms with Crippen LogP contribution in [0, 0.1) is 0 Å². The molecule has 3 heteroatoms. The van der Waals surface area contributed by atoms with Crippen molar-refractivity contribution >= 4 is 0 Å². The summed E-state index contributed by atoms with van der Waals surface area (Å²) in [6.07, 6.45) is 0. The van der Waals surface area contributed by atoms with Crippen LogP contribution in [0.4, 0.5) is 0 Å². The van der Waals surface area contributed by atoms with Gasteiger partial charge in [0.05, 0.1) is 0 Å². The highest BCUT2D eigenvalue weighted by molar-refractivity contribution is 5.87. The molecule has 6 aromatic carbocycles. The maximum Gasteiger partial charge on any atom is 0.164 e. The molecule has 1 aliphatic carbocycles. The summed E-state index contributed by atoms with van der Waals surface area (Å²) >= 11 is 0. The van der Waals surface area contributed by atoms with Gasteiger partial charge in [-0.3, -0.25) is 0 Å². The third-order valence-electron chi connectivity index (χ3n) is 10.5. The average molecular weight is 620 g/mol. The molecule has 0 N–H and O–H groups in total. The van der Waals surface area contributed by atoms with Gasteiger partial charge in [-0.15, -0.1) is 0 Å². The van der Waals surface area contributed by atoms with E-state index in [1.165, 1.54) is 38.9 Å². The van der Waals surface area contributed by atoms with Gasteiger partial charge in [-0.05, 0) is 56.0 Å². The van der Waals surface area contributed by atoms with E-state index in [1.54, 1.807) is 0 Å². The van der Waals surface area contributed by atoms with Crippen LogP contribution in [0.3, 0.4) is 0 Å². The molecule has 0 spiro atoms. The first-order valence-electron chi connectivity index (χ1n) is 16.6. The molecule has 1 heterocycles. The average Bonchev–Trinajstić information content (AvgIpc) is 3.14. The Hall–Kier alpha value is -5.67. The second-order valence-electron chi connectivity index (χ2n) is 13.7. The normalized spacial score (nSPS) is 14.2. The van der Waals surface area contributed by atoms with Crippen molar-refractivity contribution in [2.75, 3.05) is 0 Å². The molecule has 8 rings (SSSR count). The predicted molar refractivity (Wildman–Crippen MR) is 198 cm³/mol. The van der Waals surface area contributed by atoms with E-state index in [2.05, 4.69) is 155 Å². The molecule has 0 aliphatic heterocycles. The molecule has 0 bridgehead atoms. The van der Waals surface area contributed by atoms with Crippen LogP contribution in [0.5, 0.6) is 0 Å². The van der Waals surface area contributed by atoms with Gasteiger partial charge in [-0.25, -0.2) is 15.0 Å². The van der Waals surface area contributed by atoms with E-state index in [-0.39, 0.29) is 10.8 Å². The van der Waals surface area contributed by atoms with Crippen molar-refractivity contribution in [2.24, 2.45) is 0 Å². The van der Waals surface area contributed by atoms with E-state index < -0.39 is 0 Å². The number of benzene rings is 6. The fraction of sp³-hybridized carbons (Fsp3) is 0.133. The Morgan fingerprint density at radius 1 is 0.333 bits per heavy atom. The molecular formula is C45H37N3. The third kappa shape index (κ3) is 4.94. The lowest BCUT2D eigenvalue weighted by atomic mass is 9.54. The number of hydrogen-bond donors (Lipinski definition) is 0. The topological polar surface area (TPSA) is 38.7 Å². The predicted octanol–water partition coefficient (Wildman–Crippen LogP) is 11.4. The van der Waals surface area contributed by atoms with Crippen molar-refractivity contribution in [2.45, 2.75) is 38.5 Å². The van der Waals surface area contributed by atoms with E-state index >= 15 is 0 Å². The molecule has 0 atom stereocenters. The van der Waals surface area contributed by atoms with Crippen molar-refractivity contribution < 1.29 is 0 Å². The summed E-state index contributed by atoms with van der Waals surface area (Å²) in [5.74, 6) is 1.98. The molecule has 0 amide bonds. The SMILES string of the molecule is CC1(C)c2ccc(-c3nc(-c4ccccc4)nc(-c4ccc(-c5ccccc5)cc4)n3)cc2-c2cccc(-c3ccccc3)c2C1(C)C. The van der Waals surface area contributed by atoms with Gasteiger partial charge in [0.1, 0.15) is 0 Å². The van der Waals surface area contributed by atoms with Crippen LogP contribution in [0.25, 0.3) is 67.5 Å². The zero-order valence-corrected chi connectivity index (χ0v) is 27.8. The number of hydrogen-bond acceptors (Lipinski definition) is 3. The van der Waals surface area contributed by atoms with Gasteiger partial charge in [-0.1, -0.05) is 173 Å². The first kappa shape index (κ1) is 29.7. The van der Waals surface area contributed by atoms with Crippen molar-refractivity contribution in [1.82, 2.24) is 15.0 Å². The highest BCUT2D eigenvalue weighted by Gasteiger charge is 2.47. The molecule has 48 heavy (non-hydrogen) atoms. The van der Waals surface area contributed by atoms with Gasteiger partial charge >= 0.3 is 0 Å². The zero-order valence-electron chi connectivity index (χ0n) is 27.8. The molecule has 0 unspecified atom stereocenters. The molecular weight excluding hydrogens is 583 g/mol. The van der Waals surface area contributed by atoms with Crippen LogP contribution in [0.15, 0.2) is 152 Å². The Bertz CT molecular complexity index is 2250. The lowest BCUT2D eigenvalue weighted by molar-refractivity contribution is 0.300. The van der Waals surface area contributed by atoms with Gasteiger partial charge in [0.2, 0.25) is 0 Å². The number of nitrogens with zero attached hydrogens (tertiary/aromatic N) is 3.